The number of para-hydroxylation sites is 1. The van der Waals surface area contributed by atoms with Crippen LogP contribution in [0.5, 0.6) is 17.2 Å². The van der Waals surface area contributed by atoms with Gasteiger partial charge < -0.3 is 14.2 Å². The van der Waals surface area contributed by atoms with Gasteiger partial charge in [0.15, 0.2) is 11.5 Å². The maximum absolute atomic E-state index is 12.5. The van der Waals surface area contributed by atoms with Crippen LogP contribution in [0.15, 0.2) is 53.9 Å². The van der Waals surface area contributed by atoms with E-state index in [9.17, 15) is 4.79 Å². The predicted octanol–water partition coefficient (Wildman–Crippen LogP) is 5.51. The number of carbonyl (C=O) groups excluding carboxylic acids is 1. The van der Waals surface area contributed by atoms with Gasteiger partial charge in [-0.05, 0) is 50.3 Å². The van der Waals surface area contributed by atoms with Gasteiger partial charge in [0, 0.05) is 16.5 Å². The second-order valence-corrected chi connectivity index (χ2v) is 6.86. The zero-order chi connectivity index (χ0) is 20.6. The number of hydrogen-bond donors (Lipinski definition) is 0. The second kappa shape index (κ2) is 9.89. The maximum Gasteiger partial charge on any atom is 0.205 e. The molecule has 6 heteroatoms. The molecule has 0 amide bonds. The van der Waals surface area contributed by atoms with Gasteiger partial charge in [-0.2, -0.15) is 0 Å². The van der Waals surface area contributed by atoms with E-state index >= 15 is 0 Å². The lowest BCUT2D eigenvalue weighted by molar-refractivity contribution is 0.104. The summed E-state index contributed by atoms with van der Waals surface area (Å²) < 4.78 is 16.6. The van der Waals surface area contributed by atoms with Crippen molar-refractivity contribution < 1.29 is 19.0 Å². The topological polar surface area (TPSA) is 57.7 Å². The van der Waals surface area contributed by atoms with Crippen molar-refractivity contribution in [3.05, 3.63) is 65.2 Å². The summed E-state index contributed by atoms with van der Waals surface area (Å²) in [7, 11) is 1.61. The number of methoxy groups -OCH3 is 1. The molecule has 2 aromatic carbocycles. The average Bonchev–Trinajstić information content (AvgIpc) is 3.24. The molecule has 150 valence electrons. The van der Waals surface area contributed by atoms with Crippen LogP contribution in [-0.2, 0) is 0 Å². The summed E-state index contributed by atoms with van der Waals surface area (Å²) in [5, 5.41) is 2.52. The van der Waals surface area contributed by atoms with Gasteiger partial charge in [-0.3, -0.25) is 4.79 Å². The Kier molecular flexibility index (Phi) is 7.03. The summed E-state index contributed by atoms with van der Waals surface area (Å²) in [4.78, 5) is 17.0. The van der Waals surface area contributed by atoms with Crippen LogP contribution in [0.2, 0.25) is 0 Å². The Hall–Kier alpha value is -3.12. The molecular weight excluding hydrogens is 386 g/mol. The van der Waals surface area contributed by atoms with Crippen LogP contribution in [0.4, 0.5) is 0 Å². The molecule has 0 spiro atoms. The molecule has 0 N–H and O–H groups in total. The lowest BCUT2D eigenvalue weighted by atomic mass is 10.1. The van der Waals surface area contributed by atoms with Gasteiger partial charge in [0.1, 0.15) is 16.5 Å². The highest BCUT2D eigenvalue weighted by Gasteiger charge is 2.13. The molecule has 0 aliphatic rings. The molecule has 3 aromatic rings. The van der Waals surface area contributed by atoms with E-state index in [1.54, 1.807) is 18.6 Å². The highest BCUT2D eigenvalue weighted by molar-refractivity contribution is 7.13. The zero-order valence-corrected chi connectivity index (χ0v) is 17.5. The number of nitrogens with zero attached hydrogens (tertiary/aromatic N) is 1. The molecule has 0 aliphatic carbocycles. The van der Waals surface area contributed by atoms with Crippen LogP contribution >= 0.6 is 11.3 Å². The van der Waals surface area contributed by atoms with E-state index in [1.807, 2.05) is 56.3 Å². The molecule has 0 unspecified atom stereocenters. The lowest BCUT2D eigenvalue weighted by Gasteiger charge is -2.11. The number of ketones is 1. The van der Waals surface area contributed by atoms with E-state index in [2.05, 4.69) is 4.98 Å². The van der Waals surface area contributed by atoms with E-state index in [4.69, 9.17) is 14.2 Å². The summed E-state index contributed by atoms with van der Waals surface area (Å²) in [5.41, 5.74) is 2.13. The van der Waals surface area contributed by atoms with Crippen molar-refractivity contribution in [3.63, 3.8) is 0 Å². The highest BCUT2D eigenvalue weighted by atomic mass is 32.1. The van der Waals surface area contributed by atoms with Crippen molar-refractivity contribution in [1.82, 2.24) is 4.98 Å². The van der Waals surface area contributed by atoms with Crippen LogP contribution in [0.25, 0.3) is 16.6 Å². The van der Waals surface area contributed by atoms with Gasteiger partial charge in [0.25, 0.3) is 0 Å². The van der Waals surface area contributed by atoms with Gasteiger partial charge in [-0.15, -0.1) is 11.3 Å². The summed E-state index contributed by atoms with van der Waals surface area (Å²) in [6, 6.07) is 13.2. The molecular formula is C23H23NO4S. The Labute approximate surface area is 174 Å². The van der Waals surface area contributed by atoms with Crippen molar-refractivity contribution in [2.45, 2.75) is 13.8 Å². The largest absolute Gasteiger partial charge is 0.496 e. The maximum atomic E-state index is 12.5. The molecule has 3 rings (SSSR count). The summed E-state index contributed by atoms with van der Waals surface area (Å²) in [5.74, 6) is 1.93. The van der Waals surface area contributed by atoms with E-state index in [-0.39, 0.29) is 5.78 Å². The molecule has 1 aromatic heterocycles. The minimum Gasteiger partial charge on any atom is -0.496 e. The molecule has 0 aliphatic heterocycles. The first-order valence-electron chi connectivity index (χ1n) is 9.37. The van der Waals surface area contributed by atoms with Crippen molar-refractivity contribution in [1.29, 1.82) is 0 Å². The van der Waals surface area contributed by atoms with Crippen molar-refractivity contribution in [2.24, 2.45) is 0 Å². The number of hydrogen-bond acceptors (Lipinski definition) is 6. The fraction of sp³-hybridized carbons (Fsp3) is 0.217. The van der Waals surface area contributed by atoms with E-state index < -0.39 is 0 Å². The normalized spacial score (nSPS) is 10.9. The fourth-order valence-electron chi connectivity index (χ4n) is 2.76. The number of rotatable bonds is 9. The third-order valence-electron chi connectivity index (χ3n) is 4.10. The molecule has 0 saturated carbocycles. The van der Waals surface area contributed by atoms with E-state index in [1.165, 1.54) is 17.4 Å². The smallest absolute Gasteiger partial charge is 0.205 e. The number of aromatic nitrogens is 1. The number of ether oxygens (including phenoxy) is 3. The van der Waals surface area contributed by atoms with Gasteiger partial charge in [-0.25, -0.2) is 4.98 Å². The molecule has 5 nitrogen and oxygen atoms in total. The monoisotopic (exact) mass is 409 g/mol. The van der Waals surface area contributed by atoms with Gasteiger partial charge in [0.2, 0.25) is 5.78 Å². The number of carbonyl (C=O) groups is 1. The lowest BCUT2D eigenvalue weighted by Crippen LogP contribution is -1.98. The molecule has 0 fully saturated rings. The van der Waals surface area contributed by atoms with Crippen LogP contribution in [0.3, 0.4) is 0 Å². The van der Waals surface area contributed by atoms with E-state index in [0.29, 0.717) is 36.2 Å². The average molecular weight is 410 g/mol. The molecule has 0 radical (unpaired) electrons. The SMILES string of the molecule is CCOc1ccc(-c2nc(C(=O)C=Cc3ccccc3OC)cs2)cc1OCC. The molecule has 29 heavy (non-hydrogen) atoms. The molecule has 1 heterocycles. The summed E-state index contributed by atoms with van der Waals surface area (Å²) in [6.07, 6.45) is 3.25. The van der Waals surface area contributed by atoms with Crippen molar-refractivity contribution >= 4 is 23.2 Å². The van der Waals surface area contributed by atoms with Crippen LogP contribution in [-0.4, -0.2) is 31.1 Å². The number of thiazole rings is 1. The standard InChI is InChI=1S/C23H23NO4S/c1-4-27-21-13-11-17(14-22(21)28-5-2)23-24-18(15-29-23)19(25)12-10-16-8-6-7-9-20(16)26-3/h6-15H,4-5H2,1-3H3. The first-order chi connectivity index (χ1) is 14.2. The quantitative estimate of drug-likeness (QED) is 0.344. The van der Waals surface area contributed by atoms with Gasteiger partial charge >= 0.3 is 0 Å². The molecule has 0 atom stereocenters. The Balaban J connectivity index is 1.80. The summed E-state index contributed by atoms with van der Waals surface area (Å²) >= 11 is 1.42. The third kappa shape index (κ3) is 5.03. The fourth-order valence-corrected chi connectivity index (χ4v) is 3.56. The van der Waals surface area contributed by atoms with Crippen LogP contribution in [0, 0.1) is 0 Å². The van der Waals surface area contributed by atoms with E-state index in [0.717, 1.165) is 16.1 Å². The van der Waals surface area contributed by atoms with Crippen LogP contribution in [0.1, 0.15) is 29.9 Å². The first-order valence-corrected chi connectivity index (χ1v) is 10.2. The van der Waals surface area contributed by atoms with Gasteiger partial charge in [-0.1, -0.05) is 18.2 Å². The predicted molar refractivity (Wildman–Crippen MR) is 116 cm³/mol. The third-order valence-corrected chi connectivity index (χ3v) is 4.99. The molecule has 0 saturated heterocycles. The van der Waals surface area contributed by atoms with Crippen LogP contribution < -0.4 is 14.2 Å². The van der Waals surface area contributed by atoms with Crippen molar-refractivity contribution in [3.8, 4) is 27.8 Å². The Bertz CT molecular complexity index is 1010. The minimum atomic E-state index is -0.158. The zero-order valence-electron chi connectivity index (χ0n) is 16.7. The highest BCUT2D eigenvalue weighted by Crippen LogP contribution is 2.34. The first kappa shape index (κ1) is 20.6. The number of benzene rings is 2. The van der Waals surface area contributed by atoms with Crippen molar-refractivity contribution in [2.75, 3.05) is 20.3 Å². The second-order valence-electron chi connectivity index (χ2n) is 6.00. The minimum absolute atomic E-state index is 0.158. The Morgan fingerprint density at radius 3 is 2.55 bits per heavy atom. The van der Waals surface area contributed by atoms with Gasteiger partial charge in [0.05, 0.1) is 20.3 Å². The Morgan fingerprint density at radius 2 is 1.79 bits per heavy atom. The molecule has 0 bridgehead atoms. The Morgan fingerprint density at radius 1 is 1.03 bits per heavy atom. The summed E-state index contributed by atoms with van der Waals surface area (Å²) in [6.45, 7) is 4.96. The number of allylic oxidation sites excluding steroid dienone is 1.